The zero-order chi connectivity index (χ0) is 29.0. The minimum absolute atomic E-state index is 1.16. The lowest BCUT2D eigenvalue weighted by atomic mass is 10.1. The first-order chi connectivity index (χ1) is 21.8. The molecule has 2 aromatic heterocycles. The summed E-state index contributed by atoms with van der Waals surface area (Å²) in [5, 5.41) is 5.05. The van der Waals surface area contributed by atoms with Crippen molar-refractivity contribution in [1.29, 1.82) is 0 Å². The molecule has 0 saturated heterocycles. The second-order valence-corrected chi connectivity index (χ2v) is 11.4. The standard InChI is InChI=1S/C42H28N2/c1-3-12-29(13-4-1)31-22-24-33(25-23-31)44-38-20-9-7-18-35(38)36-26-27-40-41(42(36)44)37-19-8-10-21-39(37)43(40)34-17-11-16-32(28-34)30-14-5-2-6-15-30/h1-28H. The van der Waals surface area contributed by atoms with E-state index in [9.17, 15) is 0 Å². The lowest BCUT2D eigenvalue weighted by molar-refractivity contribution is 1.17. The van der Waals surface area contributed by atoms with Gasteiger partial charge in [0.1, 0.15) is 0 Å². The molecule has 0 N–H and O–H groups in total. The number of hydrogen-bond acceptors (Lipinski definition) is 0. The molecule has 0 amide bonds. The molecule has 0 aliphatic heterocycles. The Morgan fingerprint density at radius 2 is 0.864 bits per heavy atom. The minimum atomic E-state index is 1.16. The molecule has 0 fully saturated rings. The summed E-state index contributed by atoms with van der Waals surface area (Å²) in [5.74, 6) is 0. The number of hydrogen-bond donors (Lipinski definition) is 0. The summed E-state index contributed by atoms with van der Waals surface area (Å²) in [7, 11) is 0. The molecule has 0 saturated carbocycles. The third kappa shape index (κ3) is 3.75. The van der Waals surface area contributed by atoms with E-state index in [1.807, 2.05) is 0 Å². The van der Waals surface area contributed by atoms with Crippen molar-refractivity contribution in [3.8, 4) is 33.6 Å². The molecule has 7 aromatic carbocycles. The summed E-state index contributed by atoms with van der Waals surface area (Å²) in [4.78, 5) is 0. The van der Waals surface area contributed by atoms with Gasteiger partial charge in [0.25, 0.3) is 0 Å². The zero-order valence-corrected chi connectivity index (χ0v) is 24.1. The maximum atomic E-state index is 2.46. The Balaban J connectivity index is 1.35. The third-order valence-corrected chi connectivity index (χ3v) is 8.91. The van der Waals surface area contributed by atoms with Crippen LogP contribution in [-0.4, -0.2) is 9.13 Å². The smallest absolute Gasteiger partial charge is 0.0641 e. The average molecular weight is 561 g/mol. The highest BCUT2D eigenvalue weighted by Crippen LogP contribution is 2.42. The molecule has 2 nitrogen and oxygen atoms in total. The number of benzene rings is 7. The van der Waals surface area contributed by atoms with Crippen LogP contribution < -0.4 is 0 Å². The van der Waals surface area contributed by atoms with Gasteiger partial charge in [-0.05, 0) is 64.7 Å². The second-order valence-electron chi connectivity index (χ2n) is 11.4. The van der Waals surface area contributed by atoms with Gasteiger partial charge in [0, 0.05) is 32.9 Å². The first kappa shape index (κ1) is 24.7. The predicted molar refractivity (Wildman–Crippen MR) is 186 cm³/mol. The quantitative estimate of drug-likeness (QED) is 0.203. The summed E-state index contributed by atoms with van der Waals surface area (Å²) in [6.07, 6.45) is 0. The van der Waals surface area contributed by atoms with Gasteiger partial charge in [-0.15, -0.1) is 0 Å². The lowest BCUT2D eigenvalue weighted by Gasteiger charge is -2.12. The average Bonchev–Trinajstić information content (AvgIpc) is 3.62. The number of rotatable bonds is 4. The molecule has 0 aliphatic rings. The van der Waals surface area contributed by atoms with E-state index in [2.05, 4.69) is 179 Å². The van der Waals surface area contributed by atoms with Crippen LogP contribution in [0, 0.1) is 0 Å². The highest BCUT2D eigenvalue weighted by Gasteiger charge is 2.20. The minimum Gasteiger partial charge on any atom is -0.309 e. The summed E-state index contributed by atoms with van der Waals surface area (Å²) in [5.41, 5.74) is 12.1. The largest absolute Gasteiger partial charge is 0.309 e. The van der Waals surface area contributed by atoms with Gasteiger partial charge in [-0.3, -0.25) is 0 Å². The van der Waals surface area contributed by atoms with Crippen molar-refractivity contribution in [2.45, 2.75) is 0 Å². The molecular formula is C42H28N2. The fourth-order valence-corrected chi connectivity index (χ4v) is 6.94. The van der Waals surface area contributed by atoms with Crippen molar-refractivity contribution in [1.82, 2.24) is 9.13 Å². The van der Waals surface area contributed by atoms with Crippen LogP contribution in [-0.2, 0) is 0 Å². The van der Waals surface area contributed by atoms with Crippen LogP contribution in [0.15, 0.2) is 170 Å². The van der Waals surface area contributed by atoms with Crippen molar-refractivity contribution in [2.75, 3.05) is 0 Å². The number of aromatic nitrogens is 2. The van der Waals surface area contributed by atoms with Gasteiger partial charge in [-0.25, -0.2) is 0 Å². The van der Waals surface area contributed by atoms with Crippen LogP contribution in [0.5, 0.6) is 0 Å². The summed E-state index contributed by atoms with van der Waals surface area (Å²) in [6, 6.07) is 61.3. The third-order valence-electron chi connectivity index (χ3n) is 8.91. The lowest BCUT2D eigenvalue weighted by Crippen LogP contribution is -1.96. The molecule has 44 heavy (non-hydrogen) atoms. The molecule has 0 spiro atoms. The molecule has 0 aliphatic carbocycles. The van der Waals surface area contributed by atoms with Crippen LogP contribution in [0.3, 0.4) is 0 Å². The molecule has 0 radical (unpaired) electrons. The summed E-state index contributed by atoms with van der Waals surface area (Å²) >= 11 is 0. The highest BCUT2D eigenvalue weighted by atomic mass is 15.0. The van der Waals surface area contributed by atoms with Crippen LogP contribution in [0.1, 0.15) is 0 Å². The van der Waals surface area contributed by atoms with E-state index in [1.165, 1.54) is 65.9 Å². The van der Waals surface area contributed by atoms with E-state index in [1.54, 1.807) is 0 Å². The molecule has 2 heteroatoms. The fourth-order valence-electron chi connectivity index (χ4n) is 6.94. The topological polar surface area (TPSA) is 9.86 Å². The monoisotopic (exact) mass is 560 g/mol. The van der Waals surface area contributed by atoms with Crippen LogP contribution in [0.4, 0.5) is 0 Å². The molecule has 2 heterocycles. The van der Waals surface area contributed by atoms with Gasteiger partial charge in [-0.2, -0.15) is 0 Å². The Bertz CT molecular complexity index is 2460. The van der Waals surface area contributed by atoms with E-state index in [0.717, 1.165) is 11.4 Å². The van der Waals surface area contributed by atoms with Gasteiger partial charge in [0.15, 0.2) is 0 Å². The molecule has 9 aromatic rings. The Labute approximate surface area is 255 Å². The first-order valence-electron chi connectivity index (χ1n) is 15.1. The van der Waals surface area contributed by atoms with Gasteiger partial charge in [-0.1, -0.05) is 127 Å². The number of fused-ring (bicyclic) bond motifs is 7. The normalized spacial score (nSPS) is 11.6. The molecule has 0 atom stereocenters. The van der Waals surface area contributed by atoms with Gasteiger partial charge < -0.3 is 9.13 Å². The second kappa shape index (κ2) is 9.86. The van der Waals surface area contributed by atoms with E-state index >= 15 is 0 Å². The zero-order valence-electron chi connectivity index (χ0n) is 24.1. The Hall–Kier alpha value is -5.86. The number of para-hydroxylation sites is 2. The van der Waals surface area contributed by atoms with Gasteiger partial charge >= 0.3 is 0 Å². The van der Waals surface area contributed by atoms with Crippen molar-refractivity contribution >= 4 is 43.6 Å². The SMILES string of the molecule is c1ccc(-c2ccc(-n3c4ccccc4c4ccc5c(c6ccccc6n5-c5cccc(-c6ccccc6)c5)c43)cc2)cc1. The van der Waals surface area contributed by atoms with Crippen molar-refractivity contribution in [2.24, 2.45) is 0 Å². The first-order valence-corrected chi connectivity index (χ1v) is 15.1. The van der Waals surface area contributed by atoms with Crippen molar-refractivity contribution in [3.63, 3.8) is 0 Å². The van der Waals surface area contributed by atoms with Crippen LogP contribution >= 0.6 is 0 Å². The van der Waals surface area contributed by atoms with E-state index in [4.69, 9.17) is 0 Å². The predicted octanol–water partition coefficient (Wildman–Crippen LogP) is 11.2. The summed E-state index contributed by atoms with van der Waals surface area (Å²) in [6.45, 7) is 0. The van der Waals surface area contributed by atoms with E-state index in [0.29, 0.717) is 0 Å². The maximum absolute atomic E-state index is 2.46. The summed E-state index contributed by atoms with van der Waals surface area (Å²) < 4.78 is 4.88. The Morgan fingerprint density at radius 1 is 0.295 bits per heavy atom. The molecule has 9 rings (SSSR count). The Morgan fingerprint density at radius 3 is 1.59 bits per heavy atom. The molecule has 0 bridgehead atoms. The van der Waals surface area contributed by atoms with Crippen LogP contribution in [0.25, 0.3) is 77.2 Å². The van der Waals surface area contributed by atoms with Crippen molar-refractivity contribution in [3.05, 3.63) is 170 Å². The molecule has 0 unspecified atom stereocenters. The van der Waals surface area contributed by atoms with Gasteiger partial charge in [0.2, 0.25) is 0 Å². The molecule has 206 valence electrons. The van der Waals surface area contributed by atoms with Crippen molar-refractivity contribution < 1.29 is 0 Å². The molecular weight excluding hydrogens is 532 g/mol. The van der Waals surface area contributed by atoms with Gasteiger partial charge in [0.05, 0.1) is 22.1 Å². The fraction of sp³-hybridized carbons (Fsp3) is 0. The maximum Gasteiger partial charge on any atom is 0.0641 e. The highest BCUT2D eigenvalue weighted by molar-refractivity contribution is 6.26. The van der Waals surface area contributed by atoms with Crippen LogP contribution in [0.2, 0.25) is 0 Å². The van der Waals surface area contributed by atoms with E-state index in [-0.39, 0.29) is 0 Å². The van der Waals surface area contributed by atoms with E-state index < -0.39 is 0 Å². The Kier molecular flexibility index (Phi) is 5.54. The number of nitrogens with zero attached hydrogens (tertiary/aromatic N) is 2.